The maximum absolute atomic E-state index is 13.2. The fraction of sp³-hybridized carbons (Fsp3) is 0.429. The van der Waals surface area contributed by atoms with E-state index in [2.05, 4.69) is 0 Å². The Bertz CT molecular complexity index is 431. The first-order valence-corrected chi connectivity index (χ1v) is 6.24. The van der Waals surface area contributed by atoms with Crippen LogP contribution in [0.1, 0.15) is 32.6 Å². The lowest BCUT2D eigenvalue weighted by atomic mass is 10.2. The lowest BCUT2D eigenvalue weighted by molar-refractivity contribution is -0.143. The van der Waals surface area contributed by atoms with E-state index in [-0.39, 0.29) is 24.6 Å². The minimum Gasteiger partial charge on any atom is -0.466 e. The fourth-order valence-electron chi connectivity index (χ4n) is 1.47. The smallest absolute Gasteiger partial charge is 0.311 e. The summed E-state index contributed by atoms with van der Waals surface area (Å²) in [6.07, 6.45) is 1.48. The van der Waals surface area contributed by atoms with Gasteiger partial charge in [0, 0.05) is 12.8 Å². The van der Waals surface area contributed by atoms with Crippen molar-refractivity contribution in [1.29, 1.82) is 0 Å². The van der Waals surface area contributed by atoms with Crippen LogP contribution in [0.3, 0.4) is 0 Å². The molecule has 104 valence electrons. The SMILES string of the molecule is CCOC(=O)CCCCC(=O)Oc1ccccc1F. The molecule has 4 nitrogen and oxygen atoms in total. The summed E-state index contributed by atoms with van der Waals surface area (Å²) in [7, 11) is 0. The van der Waals surface area contributed by atoms with Gasteiger partial charge < -0.3 is 9.47 Å². The number of esters is 2. The van der Waals surface area contributed by atoms with E-state index in [0.29, 0.717) is 19.4 Å². The minimum absolute atomic E-state index is 0.0714. The lowest BCUT2D eigenvalue weighted by Gasteiger charge is -2.05. The number of benzene rings is 1. The van der Waals surface area contributed by atoms with Crippen molar-refractivity contribution in [2.24, 2.45) is 0 Å². The van der Waals surface area contributed by atoms with Crippen LogP contribution in [0.4, 0.5) is 4.39 Å². The molecule has 0 saturated carbocycles. The van der Waals surface area contributed by atoms with Gasteiger partial charge in [-0.3, -0.25) is 9.59 Å². The van der Waals surface area contributed by atoms with Crippen LogP contribution in [0.5, 0.6) is 5.75 Å². The van der Waals surface area contributed by atoms with Gasteiger partial charge in [-0.1, -0.05) is 12.1 Å². The Balaban J connectivity index is 2.22. The minimum atomic E-state index is -0.567. The van der Waals surface area contributed by atoms with E-state index in [0.717, 1.165) is 0 Å². The molecule has 0 amide bonds. The van der Waals surface area contributed by atoms with Crippen molar-refractivity contribution in [3.63, 3.8) is 0 Å². The van der Waals surface area contributed by atoms with Crippen molar-refractivity contribution in [2.75, 3.05) is 6.61 Å². The largest absolute Gasteiger partial charge is 0.466 e. The Kier molecular flexibility index (Phi) is 6.57. The Hall–Kier alpha value is -1.91. The van der Waals surface area contributed by atoms with Crippen LogP contribution in [0.25, 0.3) is 0 Å². The van der Waals surface area contributed by atoms with Crippen molar-refractivity contribution >= 4 is 11.9 Å². The predicted molar refractivity (Wildman–Crippen MR) is 67.1 cm³/mol. The second-order valence-corrected chi connectivity index (χ2v) is 3.92. The van der Waals surface area contributed by atoms with Crippen LogP contribution in [-0.4, -0.2) is 18.5 Å². The third kappa shape index (κ3) is 5.99. The average molecular weight is 268 g/mol. The number of hydrogen-bond donors (Lipinski definition) is 0. The van der Waals surface area contributed by atoms with Crippen LogP contribution in [0.15, 0.2) is 24.3 Å². The molecule has 0 N–H and O–H groups in total. The van der Waals surface area contributed by atoms with Crippen molar-refractivity contribution < 1.29 is 23.5 Å². The van der Waals surface area contributed by atoms with Crippen LogP contribution >= 0.6 is 0 Å². The molecular weight excluding hydrogens is 251 g/mol. The Morgan fingerprint density at radius 2 is 1.74 bits per heavy atom. The molecule has 0 aromatic heterocycles. The average Bonchev–Trinajstić information content (AvgIpc) is 2.38. The van der Waals surface area contributed by atoms with Gasteiger partial charge in [0.2, 0.25) is 0 Å². The number of rotatable bonds is 7. The molecule has 0 fully saturated rings. The molecule has 0 bridgehead atoms. The zero-order valence-electron chi connectivity index (χ0n) is 10.9. The van der Waals surface area contributed by atoms with Gasteiger partial charge in [-0.15, -0.1) is 0 Å². The van der Waals surface area contributed by atoms with E-state index in [4.69, 9.17) is 9.47 Å². The van der Waals surface area contributed by atoms with E-state index in [1.807, 2.05) is 0 Å². The molecule has 1 aromatic carbocycles. The van der Waals surface area contributed by atoms with Gasteiger partial charge in [0.1, 0.15) is 0 Å². The molecule has 0 aliphatic heterocycles. The summed E-state index contributed by atoms with van der Waals surface area (Å²) >= 11 is 0. The third-order valence-electron chi connectivity index (χ3n) is 2.38. The monoisotopic (exact) mass is 268 g/mol. The summed E-state index contributed by atoms with van der Waals surface area (Å²) in [6.45, 7) is 2.10. The Morgan fingerprint density at radius 1 is 1.11 bits per heavy atom. The fourth-order valence-corrected chi connectivity index (χ4v) is 1.47. The highest BCUT2D eigenvalue weighted by molar-refractivity contribution is 5.72. The highest BCUT2D eigenvalue weighted by atomic mass is 19.1. The molecule has 0 spiro atoms. The van der Waals surface area contributed by atoms with Gasteiger partial charge in [0.25, 0.3) is 0 Å². The zero-order valence-corrected chi connectivity index (χ0v) is 10.9. The van der Waals surface area contributed by atoms with Gasteiger partial charge in [-0.05, 0) is 31.9 Å². The number of carbonyl (C=O) groups excluding carboxylic acids is 2. The summed E-state index contributed by atoms with van der Waals surface area (Å²) in [5.74, 6) is -1.42. The van der Waals surface area contributed by atoms with Gasteiger partial charge in [-0.25, -0.2) is 4.39 Å². The highest BCUT2D eigenvalue weighted by Gasteiger charge is 2.09. The van der Waals surface area contributed by atoms with E-state index < -0.39 is 11.8 Å². The molecule has 0 unspecified atom stereocenters. The first-order valence-electron chi connectivity index (χ1n) is 6.24. The standard InChI is InChI=1S/C14H17FO4/c1-2-18-13(16)9-5-6-10-14(17)19-12-8-4-3-7-11(12)15/h3-4,7-8H,2,5-6,9-10H2,1H3. The van der Waals surface area contributed by atoms with Gasteiger partial charge in [-0.2, -0.15) is 0 Å². The summed E-state index contributed by atoms with van der Waals surface area (Å²) in [4.78, 5) is 22.5. The molecule has 0 aliphatic carbocycles. The quantitative estimate of drug-likeness (QED) is 0.433. The van der Waals surface area contributed by atoms with E-state index in [9.17, 15) is 14.0 Å². The van der Waals surface area contributed by atoms with E-state index >= 15 is 0 Å². The molecule has 19 heavy (non-hydrogen) atoms. The molecule has 0 aliphatic rings. The van der Waals surface area contributed by atoms with Crippen LogP contribution in [0.2, 0.25) is 0 Å². The Labute approximate surface area is 111 Å². The number of unbranched alkanes of at least 4 members (excludes halogenated alkanes) is 1. The number of halogens is 1. The topological polar surface area (TPSA) is 52.6 Å². The van der Waals surface area contributed by atoms with Crippen LogP contribution in [0, 0.1) is 5.82 Å². The predicted octanol–water partition coefficient (Wildman–Crippen LogP) is 2.85. The van der Waals surface area contributed by atoms with Crippen molar-refractivity contribution in [2.45, 2.75) is 32.6 Å². The van der Waals surface area contributed by atoms with E-state index in [1.54, 1.807) is 13.0 Å². The molecule has 0 atom stereocenters. The molecular formula is C14H17FO4. The third-order valence-corrected chi connectivity index (χ3v) is 2.38. The lowest BCUT2D eigenvalue weighted by Crippen LogP contribution is -2.09. The summed E-state index contributed by atoms with van der Waals surface area (Å²) in [6, 6.07) is 5.73. The number of carbonyl (C=O) groups is 2. The highest BCUT2D eigenvalue weighted by Crippen LogP contribution is 2.16. The molecule has 0 radical (unpaired) electrons. The number of ether oxygens (including phenoxy) is 2. The molecule has 1 rings (SSSR count). The maximum atomic E-state index is 13.2. The summed E-state index contributed by atoms with van der Waals surface area (Å²) in [5.41, 5.74) is 0. The molecule has 0 saturated heterocycles. The molecule has 1 aromatic rings. The molecule has 5 heteroatoms. The zero-order chi connectivity index (χ0) is 14.1. The maximum Gasteiger partial charge on any atom is 0.311 e. The Morgan fingerprint density at radius 3 is 2.37 bits per heavy atom. The number of hydrogen-bond acceptors (Lipinski definition) is 4. The second-order valence-electron chi connectivity index (χ2n) is 3.92. The summed E-state index contributed by atoms with van der Waals surface area (Å²) in [5, 5.41) is 0. The van der Waals surface area contributed by atoms with Crippen molar-refractivity contribution in [1.82, 2.24) is 0 Å². The second kappa shape index (κ2) is 8.24. The van der Waals surface area contributed by atoms with Gasteiger partial charge in [0.05, 0.1) is 6.61 Å². The van der Waals surface area contributed by atoms with Gasteiger partial charge in [0.15, 0.2) is 11.6 Å². The first kappa shape index (κ1) is 15.1. The van der Waals surface area contributed by atoms with E-state index in [1.165, 1.54) is 18.2 Å². The van der Waals surface area contributed by atoms with Crippen LogP contribution < -0.4 is 4.74 Å². The molecule has 0 heterocycles. The van der Waals surface area contributed by atoms with Crippen molar-refractivity contribution in [3.8, 4) is 5.75 Å². The normalized spacial score (nSPS) is 10.0. The van der Waals surface area contributed by atoms with Crippen molar-refractivity contribution in [3.05, 3.63) is 30.1 Å². The van der Waals surface area contributed by atoms with Gasteiger partial charge >= 0.3 is 11.9 Å². The first-order chi connectivity index (χ1) is 9.13. The summed E-state index contributed by atoms with van der Waals surface area (Å²) < 4.78 is 22.8. The van der Waals surface area contributed by atoms with Crippen LogP contribution in [-0.2, 0) is 14.3 Å². The number of para-hydroxylation sites is 1.